The molecule has 0 bridgehead atoms. The fraction of sp³-hybridized carbons (Fsp3) is 0.500. The fourth-order valence-corrected chi connectivity index (χ4v) is 1.97. The maximum Gasteiger partial charge on any atom is 0.303 e. The maximum atomic E-state index is 10.3. The van der Waals surface area contributed by atoms with Gasteiger partial charge in [0.1, 0.15) is 0 Å². The van der Waals surface area contributed by atoms with Crippen LogP contribution in [0.1, 0.15) is 42.7 Å². The summed E-state index contributed by atoms with van der Waals surface area (Å²) in [6.07, 6.45) is 3.59. The van der Waals surface area contributed by atoms with Gasteiger partial charge in [-0.15, -0.1) is 0 Å². The zero-order chi connectivity index (χ0) is 12.1. The third-order valence-electron chi connectivity index (χ3n) is 3.07. The third-order valence-corrected chi connectivity index (χ3v) is 3.07. The van der Waals surface area contributed by atoms with Crippen molar-refractivity contribution in [3.8, 4) is 0 Å². The van der Waals surface area contributed by atoms with E-state index in [0.717, 1.165) is 19.0 Å². The molecular weight excluding hydrogens is 214 g/mol. The van der Waals surface area contributed by atoms with Crippen molar-refractivity contribution in [2.45, 2.75) is 38.1 Å². The highest BCUT2D eigenvalue weighted by atomic mass is 16.4. The second kappa shape index (κ2) is 5.82. The second-order valence-corrected chi connectivity index (χ2v) is 4.69. The molecule has 1 aliphatic carbocycles. The van der Waals surface area contributed by atoms with Crippen molar-refractivity contribution < 1.29 is 9.90 Å². The lowest BCUT2D eigenvalue weighted by Crippen LogP contribution is -2.15. The Bertz CT molecular complexity index is 386. The molecule has 0 radical (unpaired) electrons. The van der Waals surface area contributed by atoms with E-state index in [4.69, 9.17) is 5.11 Å². The van der Waals surface area contributed by atoms with Crippen molar-refractivity contribution in [2.24, 2.45) is 0 Å². The van der Waals surface area contributed by atoms with Crippen LogP contribution in [0.4, 0.5) is 0 Å². The molecule has 0 aromatic heterocycles. The summed E-state index contributed by atoms with van der Waals surface area (Å²) in [6.45, 7) is 1.60. The molecule has 3 nitrogen and oxygen atoms in total. The van der Waals surface area contributed by atoms with Gasteiger partial charge in [-0.2, -0.15) is 0 Å². The molecule has 0 amide bonds. The standard InChI is InChI=1S/C14H19NO2/c16-14(17)5-2-8-15-10-11-3-1-4-13(9-11)12-6-7-12/h1,3-4,9,12,15H,2,5-8,10H2,(H,16,17). The Hall–Kier alpha value is -1.35. The van der Waals surface area contributed by atoms with Crippen molar-refractivity contribution in [1.82, 2.24) is 5.32 Å². The van der Waals surface area contributed by atoms with Gasteiger partial charge in [0.05, 0.1) is 0 Å². The molecule has 1 aliphatic rings. The zero-order valence-corrected chi connectivity index (χ0v) is 9.98. The summed E-state index contributed by atoms with van der Waals surface area (Å²) in [7, 11) is 0. The number of carboxylic acid groups (broad SMARTS) is 1. The lowest BCUT2D eigenvalue weighted by Gasteiger charge is -2.06. The number of carboxylic acids is 1. The topological polar surface area (TPSA) is 49.3 Å². The fourth-order valence-electron chi connectivity index (χ4n) is 1.97. The molecule has 0 saturated heterocycles. The van der Waals surface area contributed by atoms with Gasteiger partial charge in [-0.05, 0) is 42.9 Å². The minimum atomic E-state index is -0.720. The molecule has 0 heterocycles. The minimum Gasteiger partial charge on any atom is -0.481 e. The largest absolute Gasteiger partial charge is 0.481 e. The molecular formula is C14H19NO2. The summed E-state index contributed by atoms with van der Waals surface area (Å²) in [6, 6.07) is 8.70. The highest BCUT2D eigenvalue weighted by molar-refractivity contribution is 5.66. The second-order valence-electron chi connectivity index (χ2n) is 4.69. The Morgan fingerprint density at radius 2 is 2.24 bits per heavy atom. The first-order valence-corrected chi connectivity index (χ1v) is 6.27. The highest BCUT2D eigenvalue weighted by Gasteiger charge is 2.23. The van der Waals surface area contributed by atoms with Crippen LogP contribution in [0, 0.1) is 0 Å². The maximum absolute atomic E-state index is 10.3. The van der Waals surface area contributed by atoms with Crippen LogP contribution in [0.3, 0.4) is 0 Å². The SMILES string of the molecule is O=C(O)CCCNCc1cccc(C2CC2)c1. The van der Waals surface area contributed by atoms with Crippen molar-refractivity contribution in [3.63, 3.8) is 0 Å². The third kappa shape index (κ3) is 4.19. The van der Waals surface area contributed by atoms with E-state index in [9.17, 15) is 4.79 Å². The Morgan fingerprint density at radius 3 is 2.94 bits per heavy atom. The van der Waals surface area contributed by atoms with E-state index in [-0.39, 0.29) is 6.42 Å². The highest BCUT2D eigenvalue weighted by Crippen LogP contribution is 2.40. The zero-order valence-electron chi connectivity index (χ0n) is 9.98. The molecule has 0 spiro atoms. The lowest BCUT2D eigenvalue weighted by atomic mass is 10.1. The van der Waals surface area contributed by atoms with Gasteiger partial charge in [-0.1, -0.05) is 24.3 Å². The van der Waals surface area contributed by atoms with Gasteiger partial charge in [-0.25, -0.2) is 0 Å². The Labute approximate surface area is 102 Å². The van der Waals surface area contributed by atoms with E-state index in [0.29, 0.717) is 6.42 Å². The molecule has 1 aromatic rings. The predicted molar refractivity (Wildman–Crippen MR) is 67.0 cm³/mol. The Morgan fingerprint density at radius 1 is 1.41 bits per heavy atom. The van der Waals surface area contributed by atoms with Gasteiger partial charge in [0.15, 0.2) is 0 Å². The van der Waals surface area contributed by atoms with Crippen molar-refractivity contribution in [3.05, 3.63) is 35.4 Å². The van der Waals surface area contributed by atoms with Crippen molar-refractivity contribution in [1.29, 1.82) is 0 Å². The Kier molecular flexibility index (Phi) is 4.15. The van der Waals surface area contributed by atoms with Crippen molar-refractivity contribution >= 4 is 5.97 Å². The van der Waals surface area contributed by atoms with Crippen LogP contribution < -0.4 is 5.32 Å². The lowest BCUT2D eigenvalue weighted by molar-refractivity contribution is -0.137. The monoisotopic (exact) mass is 233 g/mol. The van der Waals surface area contributed by atoms with Crippen LogP contribution in [0.25, 0.3) is 0 Å². The van der Waals surface area contributed by atoms with E-state index in [1.165, 1.54) is 24.0 Å². The molecule has 1 aromatic carbocycles. The van der Waals surface area contributed by atoms with Crippen LogP contribution in [0.15, 0.2) is 24.3 Å². The summed E-state index contributed by atoms with van der Waals surface area (Å²) in [4.78, 5) is 10.3. The van der Waals surface area contributed by atoms with E-state index < -0.39 is 5.97 Å². The van der Waals surface area contributed by atoms with Gasteiger partial charge in [0.25, 0.3) is 0 Å². The van der Waals surface area contributed by atoms with E-state index >= 15 is 0 Å². The number of carbonyl (C=O) groups is 1. The van der Waals surface area contributed by atoms with Crippen LogP contribution in [-0.2, 0) is 11.3 Å². The Balaban J connectivity index is 1.71. The van der Waals surface area contributed by atoms with Gasteiger partial charge < -0.3 is 10.4 Å². The number of hydrogen-bond acceptors (Lipinski definition) is 2. The van der Waals surface area contributed by atoms with Gasteiger partial charge >= 0.3 is 5.97 Å². The predicted octanol–water partition coefficient (Wildman–Crippen LogP) is 2.52. The van der Waals surface area contributed by atoms with E-state index in [2.05, 4.69) is 29.6 Å². The number of rotatable bonds is 7. The molecule has 2 rings (SSSR count). The molecule has 0 atom stereocenters. The number of nitrogens with one attached hydrogen (secondary N) is 1. The quantitative estimate of drug-likeness (QED) is 0.711. The number of aliphatic carboxylic acids is 1. The van der Waals surface area contributed by atoms with E-state index in [1.807, 2.05) is 0 Å². The number of benzene rings is 1. The molecule has 3 heteroatoms. The summed E-state index contributed by atoms with van der Waals surface area (Å²) >= 11 is 0. The molecule has 17 heavy (non-hydrogen) atoms. The average Bonchev–Trinajstić information content (AvgIpc) is 3.12. The number of hydrogen-bond donors (Lipinski definition) is 2. The molecule has 1 saturated carbocycles. The smallest absolute Gasteiger partial charge is 0.303 e. The summed E-state index contributed by atoms with van der Waals surface area (Å²) in [5.41, 5.74) is 2.75. The summed E-state index contributed by atoms with van der Waals surface area (Å²) in [5, 5.41) is 11.8. The first-order valence-electron chi connectivity index (χ1n) is 6.27. The first-order chi connectivity index (χ1) is 8.25. The average molecular weight is 233 g/mol. The molecule has 0 aliphatic heterocycles. The van der Waals surface area contributed by atoms with Crippen molar-refractivity contribution in [2.75, 3.05) is 6.54 Å². The normalized spacial score (nSPS) is 14.8. The van der Waals surface area contributed by atoms with Gasteiger partial charge in [-0.3, -0.25) is 4.79 Å². The molecule has 92 valence electrons. The summed E-state index contributed by atoms with van der Waals surface area (Å²) < 4.78 is 0. The van der Waals surface area contributed by atoms with Gasteiger partial charge in [0, 0.05) is 13.0 Å². The van der Waals surface area contributed by atoms with Crippen LogP contribution >= 0.6 is 0 Å². The molecule has 2 N–H and O–H groups in total. The van der Waals surface area contributed by atoms with Crippen LogP contribution in [0.2, 0.25) is 0 Å². The van der Waals surface area contributed by atoms with Crippen LogP contribution in [0.5, 0.6) is 0 Å². The van der Waals surface area contributed by atoms with Crippen LogP contribution in [-0.4, -0.2) is 17.6 Å². The minimum absolute atomic E-state index is 0.245. The molecule has 0 unspecified atom stereocenters. The van der Waals surface area contributed by atoms with E-state index in [1.54, 1.807) is 0 Å². The summed E-state index contributed by atoms with van der Waals surface area (Å²) in [5.74, 6) is 0.0736. The molecule has 1 fully saturated rings. The van der Waals surface area contributed by atoms with Gasteiger partial charge in [0.2, 0.25) is 0 Å². The first kappa shape index (κ1) is 12.1.